The molecule has 7 heteroatoms. The van der Waals surface area contributed by atoms with Gasteiger partial charge in [0.05, 0.1) is 14.2 Å². The lowest BCUT2D eigenvalue weighted by Gasteiger charge is -2.34. The summed E-state index contributed by atoms with van der Waals surface area (Å²) in [6, 6.07) is 14.6. The topological polar surface area (TPSA) is 74.9 Å². The first-order chi connectivity index (χ1) is 14.1. The van der Waals surface area contributed by atoms with Gasteiger partial charge in [0.25, 0.3) is 11.8 Å². The molecule has 0 saturated carbocycles. The molecule has 1 aliphatic rings. The summed E-state index contributed by atoms with van der Waals surface area (Å²) < 4.78 is 10.4. The molecule has 150 valence electrons. The molecule has 2 aromatic carbocycles. The van der Waals surface area contributed by atoms with Crippen LogP contribution >= 0.6 is 0 Å². The van der Waals surface area contributed by atoms with Gasteiger partial charge in [0.15, 0.2) is 0 Å². The third-order valence-electron chi connectivity index (χ3n) is 5.25. The van der Waals surface area contributed by atoms with E-state index in [1.165, 1.54) is 0 Å². The van der Waals surface area contributed by atoms with Crippen LogP contribution in [0.4, 0.5) is 0 Å². The van der Waals surface area contributed by atoms with Crippen LogP contribution in [0.15, 0.2) is 48.5 Å². The first-order valence-corrected chi connectivity index (χ1v) is 9.48. The number of ether oxygens (including phenoxy) is 2. The van der Waals surface area contributed by atoms with Gasteiger partial charge in [-0.1, -0.05) is 0 Å². The van der Waals surface area contributed by atoms with E-state index >= 15 is 0 Å². The number of fused-ring (bicyclic) bond motifs is 1. The number of benzene rings is 2. The fraction of sp³-hybridized carbons (Fsp3) is 0.273. The number of hydrogen-bond acceptors (Lipinski definition) is 4. The maximum absolute atomic E-state index is 12.9. The fourth-order valence-corrected chi connectivity index (χ4v) is 3.55. The minimum atomic E-state index is -0.0586. The summed E-state index contributed by atoms with van der Waals surface area (Å²) in [5, 5.41) is 0.931. The zero-order valence-electron chi connectivity index (χ0n) is 16.5. The van der Waals surface area contributed by atoms with Gasteiger partial charge in [-0.05, 0) is 48.5 Å². The Morgan fingerprint density at radius 3 is 2.00 bits per heavy atom. The Kier molecular flexibility index (Phi) is 5.12. The Labute approximate surface area is 168 Å². The molecule has 4 rings (SSSR count). The lowest BCUT2D eigenvalue weighted by molar-refractivity contribution is 0.0533. The lowest BCUT2D eigenvalue weighted by Crippen LogP contribution is -2.50. The van der Waals surface area contributed by atoms with Gasteiger partial charge in [0.1, 0.15) is 17.2 Å². The molecule has 0 aliphatic carbocycles. The summed E-state index contributed by atoms with van der Waals surface area (Å²) in [6.07, 6.45) is 0. The smallest absolute Gasteiger partial charge is 0.270 e. The number of aromatic nitrogens is 1. The summed E-state index contributed by atoms with van der Waals surface area (Å²) >= 11 is 0. The first kappa shape index (κ1) is 18.9. The summed E-state index contributed by atoms with van der Waals surface area (Å²) in [4.78, 5) is 32.3. The Bertz CT molecular complexity index is 1030. The van der Waals surface area contributed by atoms with Crippen molar-refractivity contribution in [2.75, 3.05) is 40.4 Å². The zero-order chi connectivity index (χ0) is 20.4. The van der Waals surface area contributed by atoms with Gasteiger partial charge in [-0.3, -0.25) is 9.59 Å². The van der Waals surface area contributed by atoms with Crippen LogP contribution in [-0.4, -0.2) is 67.0 Å². The molecule has 7 nitrogen and oxygen atoms in total. The number of methoxy groups -OCH3 is 2. The van der Waals surface area contributed by atoms with Crippen molar-refractivity contribution in [1.29, 1.82) is 0 Å². The van der Waals surface area contributed by atoms with Crippen LogP contribution < -0.4 is 9.47 Å². The number of piperazine rings is 1. The largest absolute Gasteiger partial charge is 0.497 e. The molecule has 0 bridgehead atoms. The van der Waals surface area contributed by atoms with Gasteiger partial charge >= 0.3 is 0 Å². The molecule has 2 heterocycles. The van der Waals surface area contributed by atoms with E-state index in [0.29, 0.717) is 43.2 Å². The summed E-state index contributed by atoms with van der Waals surface area (Å²) in [5.41, 5.74) is 2.06. The van der Waals surface area contributed by atoms with E-state index in [1.807, 2.05) is 24.3 Å². The van der Waals surface area contributed by atoms with Gasteiger partial charge in [-0.25, -0.2) is 0 Å². The van der Waals surface area contributed by atoms with Gasteiger partial charge < -0.3 is 24.3 Å². The number of H-pyrrole nitrogens is 1. The summed E-state index contributed by atoms with van der Waals surface area (Å²) in [6.45, 7) is 2.01. The molecule has 1 aromatic heterocycles. The highest BCUT2D eigenvalue weighted by atomic mass is 16.5. The maximum Gasteiger partial charge on any atom is 0.270 e. The van der Waals surface area contributed by atoms with Crippen molar-refractivity contribution in [2.24, 2.45) is 0 Å². The monoisotopic (exact) mass is 393 g/mol. The normalized spacial score (nSPS) is 14.1. The predicted octanol–water partition coefficient (Wildman–Crippen LogP) is 2.78. The highest BCUT2D eigenvalue weighted by Crippen LogP contribution is 2.22. The van der Waals surface area contributed by atoms with E-state index in [-0.39, 0.29) is 11.8 Å². The quantitative estimate of drug-likeness (QED) is 0.740. The molecule has 2 amide bonds. The van der Waals surface area contributed by atoms with Gasteiger partial charge in [-0.15, -0.1) is 0 Å². The van der Waals surface area contributed by atoms with Gasteiger partial charge in [0.2, 0.25) is 0 Å². The first-order valence-electron chi connectivity index (χ1n) is 9.48. The predicted molar refractivity (Wildman–Crippen MR) is 110 cm³/mol. The van der Waals surface area contributed by atoms with Crippen molar-refractivity contribution in [3.8, 4) is 11.5 Å². The standard InChI is InChI=1S/C22H23N3O4/c1-28-17-5-3-15(4-6-17)21(26)24-9-11-25(12-10-24)22(27)20-14-16-13-18(29-2)7-8-19(16)23-20/h3-8,13-14,23H,9-12H2,1-2H3. The van der Waals surface area contributed by atoms with Crippen molar-refractivity contribution in [3.63, 3.8) is 0 Å². The minimum absolute atomic E-state index is 0.0301. The van der Waals surface area contributed by atoms with Gasteiger partial charge in [0, 0.05) is 42.6 Å². The Morgan fingerprint density at radius 2 is 1.38 bits per heavy atom. The van der Waals surface area contributed by atoms with Crippen LogP contribution in [0.1, 0.15) is 20.8 Å². The molecule has 1 aliphatic heterocycles. The van der Waals surface area contributed by atoms with Gasteiger partial charge in [-0.2, -0.15) is 0 Å². The van der Waals surface area contributed by atoms with Crippen molar-refractivity contribution < 1.29 is 19.1 Å². The van der Waals surface area contributed by atoms with Crippen LogP contribution in [0.3, 0.4) is 0 Å². The second-order valence-corrected chi connectivity index (χ2v) is 6.95. The molecule has 1 N–H and O–H groups in total. The van der Waals surface area contributed by atoms with E-state index in [0.717, 1.165) is 16.7 Å². The average Bonchev–Trinajstić information content (AvgIpc) is 3.21. The number of nitrogens with zero attached hydrogens (tertiary/aromatic N) is 2. The number of nitrogens with one attached hydrogen (secondary N) is 1. The number of hydrogen-bond donors (Lipinski definition) is 1. The van der Waals surface area contributed by atoms with Crippen molar-refractivity contribution in [2.45, 2.75) is 0 Å². The molecule has 0 atom stereocenters. The van der Waals surface area contributed by atoms with Crippen molar-refractivity contribution in [3.05, 3.63) is 59.8 Å². The molecule has 1 saturated heterocycles. The molecular formula is C22H23N3O4. The average molecular weight is 393 g/mol. The Hall–Kier alpha value is -3.48. The summed E-state index contributed by atoms with van der Waals surface area (Å²) in [5.74, 6) is 1.38. The number of carbonyl (C=O) groups is 2. The lowest BCUT2D eigenvalue weighted by atomic mass is 10.1. The van der Waals surface area contributed by atoms with E-state index in [2.05, 4.69) is 4.98 Å². The highest BCUT2D eigenvalue weighted by Gasteiger charge is 2.26. The number of amides is 2. The number of rotatable bonds is 4. The van der Waals surface area contributed by atoms with Crippen molar-refractivity contribution >= 4 is 22.7 Å². The second-order valence-electron chi connectivity index (χ2n) is 6.95. The minimum Gasteiger partial charge on any atom is -0.497 e. The fourth-order valence-electron chi connectivity index (χ4n) is 3.55. The molecular weight excluding hydrogens is 370 g/mol. The van der Waals surface area contributed by atoms with Crippen LogP contribution in [0, 0.1) is 0 Å². The van der Waals surface area contributed by atoms with Crippen molar-refractivity contribution in [1.82, 2.24) is 14.8 Å². The Morgan fingerprint density at radius 1 is 0.793 bits per heavy atom. The molecule has 3 aromatic rings. The van der Waals surface area contributed by atoms with E-state index < -0.39 is 0 Å². The molecule has 1 fully saturated rings. The maximum atomic E-state index is 12.9. The third kappa shape index (κ3) is 3.76. The van der Waals surface area contributed by atoms with E-state index in [9.17, 15) is 9.59 Å². The van der Waals surface area contributed by atoms with Crippen LogP contribution in [0.2, 0.25) is 0 Å². The SMILES string of the molecule is COc1ccc(C(=O)N2CCN(C(=O)c3cc4cc(OC)ccc4[nH]3)CC2)cc1. The summed E-state index contributed by atoms with van der Waals surface area (Å²) in [7, 11) is 3.21. The number of aromatic amines is 1. The Balaban J connectivity index is 1.41. The van der Waals surface area contributed by atoms with E-state index in [1.54, 1.807) is 48.3 Å². The third-order valence-corrected chi connectivity index (χ3v) is 5.25. The molecule has 0 spiro atoms. The van der Waals surface area contributed by atoms with Crippen LogP contribution in [-0.2, 0) is 0 Å². The van der Waals surface area contributed by atoms with E-state index in [4.69, 9.17) is 9.47 Å². The molecule has 0 radical (unpaired) electrons. The van der Waals surface area contributed by atoms with Crippen LogP contribution in [0.5, 0.6) is 11.5 Å². The number of carbonyl (C=O) groups excluding carboxylic acids is 2. The molecule has 29 heavy (non-hydrogen) atoms. The highest BCUT2D eigenvalue weighted by molar-refractivity contribution is 5.99. The zero-order valence-corrected chi connectivity index (χ0v) is 16.5. The van der Waals surface area contributed by atoms with Crippen LogP contribution in [0.25, 0.3) is 10.9 Å². The molecule has 0 unspecified atom stereocenters. The second kappa shape index (κ2) is 7.87.